The fourth-order valence-corrected chi connectivity index (χ4v) is 7.54. The van der Waals surface area contributed by atoms with Crippen LogP contribution in [0.15, 0.2) is 106 Å². The average molecular weight is 826 g/mol. The first-order chi connectivity index (χ1) is 28.9. The van der Waals surface area contributed by atoms with Gasteiger partial charge in [0.2, 0.25) is 23.4 Å². The van der Waals surface area contributed by atoms with E-state index in [1.807, 2.05) is 48.5 Å². The molecule has 1 aliphatic heterocycles. The molecule has 3 heterocycles. The summed E-state index contributed by atoms with van der Waals surface area (Å²) in [6.07, 6.45) is 13.8. The third-order valence-corrected chi connectivity index (χ3v) is 11.3. The maximum absolute atomic E-state index is 13.2. The summed E-state index contributed by atoms with van der Waals surface area (Å²) in [5, 5.41) is 8.31. The Morgan fingerprint density at radius 2 is 1.07 bits per heavy atom. The first kappa shape index (κ1) is 42.2. The van der Waals surface area contributed by atoms with Crippen LogP contribution in [0.1, 0.15) is 123 Å². The van der Waals surface area contributed by atoms with Crippen LogP contribution in [0.25, 0.3) is 22.8 Å². The highest BCUT2D eigenvalue weighted by Crippen LogP contribution is 2.39. The number of ketones is 1. The second kappa shape index (κ2) is 20.4. The van der Waals surface area contributed by atoms with Crippen LogP contribution in [0.3, 0.4) is 0 Å². The van der Waals surface area contributed by atoms with Crippen molar-refractivity contribution in [3.63, 3.8) is 0 Å². The van der Waals surface area contributed by atoms with E-state index in [-0.39, 0.29) is 30.1 Å². The van der Waals surface area contributed by atoms with Crippen LogP contribution in [0.4, 0.5) is 8.78 Å². The summed E-state index contributed by atoms with van der Waals surface area (Å²) < 4.78 is 37.5. The van der Waals surface area contributed by atoms with Gasteiger partial charge >= 0.3 is 0 Å². The van der Waals surface area contributed by atoms with E-state index < -0.39 is 0 Å². The number of likely N-dealkylation sites (tertiary alicyclic amines) is 1. The molecule has 8 nitrogen and oxygen atoms in total. The number of nitrogens with zero attached hydrogens (tertiary/aromatic N) is 5. The zero-order valence-corrected chi connectivity index (χ0v) is 34.1. The van der Waals surface area contributed by atoms with Crippen LogP contribution >= 0.6 is 12.4 Å². The minimum atomic E-state index is -0.280. The van der Waals surface area contributed by atoms with Crippen molar-refractivity contribution in [2.24, 2.45) is 0 Å². The zero-order valence-electron chi connectivity index (χ0n) is 33.3. The Morgan fingerprint density at radius 1 is 0.567 bits per heavy atom. The first-order valence-corrected chi connectivity index (χ1v) is 20.6. The van der Waals surface area contributed by atoms with Crippen LogP contribution in [0.5, 0.6) is 0 Å². The molecule has 4 aliphatic rings. The molecule has 1 saturated heterocycles. The predicted octanol–water partition coefficient (Wildman–Crippen LogP) is 11.1. The smallest absolute Gasteiger partial charge is 0.244 e. The minimum Gasteiger partial charge on any atom is -0.339 e. The Bertz CT molecular complexity index is 2480. The molecule has 306 valence electrons. The van der Waals surface area contributed by atoms with E-state index in [1.165, 1.54) is 62.8 Å². The zero-order chi connectivity index (χ0) is 40.4. The lowest BCUT2D eigenvalue weighted by Gasteiger charge is -2.37. The number of carbonyl (C=O) groups excluding carboxylic acids is 1. The van der Waals surface area contributed by atoms with Crippen LogP contribution in [0, 0.1) is 35.3 Å². The van der Waals surface area contributed by atoms with Crippen LogP contribution in [-0.2, 0) is 4.79 Å². The number of carbonyl (C=O) groups is 1. The molecular weight excluding hydrogens is 780 g/mol. The van der Waals surface area contributed by atoms with Gasteiger partial charge in [0.1, 0.15) is 17.4 Å². The molecule has 0 spiro atoms. The van der Waals surface area contributed by atoms with Gasteiger partial charge in [-0.1, -0.05) is 65.4 Å². The highest BCUT2D eigenvalue weighted by Gasteiger charge is 2.37. The third-order valence-electron chi connectivity index (χ3n) is 11.3. The Morgan fingerprint density at radius 3 is 1.53 bits per heavy atom. The van der Waals surface area contributed by atoms with Gasteiger partial charge in [0.15, 0.2) is 0 Å². The summed E-state index contributed by atoms with van der Waals surface area (Å²) in [6, 6.07) is 28.9. The maximum atomic E-state index is 13.2. The standard InChI is InChI=1S/C24H22FN3O.C21H17FN2O.C4H6O.ClH/c25-20-5-1-4-18(16-20)10-9-17-11-13-19(14-12-17)23-26-24(29-27-23)22-8-3-15-28(22)21-6-2-7-21;22-19-7-3-4-16(14-19)9-8-15-10-12-17(13-11-15)20-23-21(25-24-20)18-5-1-2-6-18;5-4-2-1-3-4;/h1,4-5,11-14,16,21-22H,2-3,6-8,15H2;3-4,7,10-14,18H,1-2,5-6H2;1-3H2;1H. The number of benzene rings is 4. The van der Waals surface area contributed by atoms with Gasteiger partial charge in [-0.05, 0) is 136 Å². The second-order valence-electron chi connectivity index (χ2n) is 15.4. The lowest BCUT2D eigenvalue weighted by molar-refractivity contribution is -0.123. The first-order valence-electron chi connectivity index (χ1n) is 20.6. The summed E-state index contributed by atoms with van der Waals surface area (Å²) in [5.41, 5.74) is 4.84. The Kier molecular flexibility index (Phi) is 14.3. The van der Waals surface area contributed by atoms with Crippen molar-refractivity contribution in [2.45, 2.75) is 95.1 Å². The average Bonchev–Trinajstić information content (AvgIpc) is 4.07. The van der Waals surface area contributed by atoms with Crippen molar-refractivity contribution >= 4 is 18.2 Å². The van der Waals surface area contributed by atoms with Gasteiger partial charge in [-0.2, -0.15) is 9.97 Å². The monoisotopic (exact) mass is 825 g/mol. The van der Waals surface area contributed by atoms with Crippen molar-refractivity contribution in [2.75, 3.05) is 6.54 Å². The Labute approximate surface area is 355 Å². The largest absolute Gasteiger partial charge is 0.339 e. The fraction of sp³-hybridized carbons (Fsp3) is 0.327. The molecule has 3 aliphatic carbocycles. The third kappa shape index (κ3) is 11.0. The summed E-state index contributed by atoms with van der Waals surface area (Å²) in [6.45, 7) is 1.13. The van der Waals surface area contributed by atoms with E-state index in [4.69, 9.17) is 9.05 Å². The molecule has 0 radical (unpaired) electrons. The second-order valence-corrected chi connectivity index (χ2v) is 15.4. The number of aromatic nitrogens is 4. The molecule has 4 fully saturated rings. The van der Waals surface area contributed by atoms with Crippen molar-refractivity contribution in [3.8, 4) is 46.5 Å². The number of rotatable bonds is 5. The molecule has 11 heteroatoms. The van der Waals surface area contributed by atoms with E-state index >= 15 is 0 Å². The molecule has 0 N–H and O–H groups in total. The Balaban J connectivity index is 0.000000161. The molecule has 3 saturated carbocycles. The van der Waals surface area contributed by atoms with Gasteiger partial charge < -0.3 is 9.05 Å². The van der Waals surface area contributed by atoms with E-state index in [0.29, 0.717) is 40.5 Å². The minimum absolute atomic E-state index is 0. The summed E-state index contributed by atoms with van der Waals surface area (Å²) in [7, 11) is 0. The molecule has 60 heavy (non-hydrogen) atoms. The van der Waals surface area contributed by atoms with Crippen molar-refractivity contribution < 1.29 is 22.6 Å². The lowest BCUT2D eigenvalue weighted by atomic mass is 9.91. The predicted molar refractivity (Wildman–Crippen MR) is 228 cm³/mol. The quantitative estimate of drug-likeness (QED) is 0.159. The topological polar surface area (TPSA) is 98.2 Å². The van der Waals surface area contributed by atoms with Gasteiger partial charge in [0.25, 0.3) is 0 Å². The van der Waals surface area contributed by atoms with Gasteiger partial charge in [-0.15, -0.1) is 12.4 Å². The molecule has 1 unspecified atom stereocenters. The van der Waals surface area contributed by atoms with Crippen LogP contribution < -0.4 is 0 Å². The summed E-state index contributed by atoms with van der Waals surface area (Å²) >= 11 is 0. The van der Waals surface area contributed by atoms with Crippen LogP contribution in [0.2, 0.25) is 0 Å². The molecule has 6 aromatic rings. The van der Waals surface area contributed by atoms with Gasteiger partial charge in [-0.25, -0.2) is 8.78 Å². The number of hydrogen-bond donors (Lipinski definition) is 0. The number of halogens is 3. The SMILES string of the molecule is Cl.Fc1cccc(C#Cc2ccc(-c3noc(C4CCCC4)n3)cc2)c1.Fc1cccc(C#Cc2ccc(-c3noc(C4CCCN4C4CCC4)n3)cc2)c1.O=C1CCC1. The highest BCUT2D eigenvalue weighted by molar-refractivity contribution is 5.85. The van der Waals surface area contributed by atoms with Gasteiger partial charge in [0, 0.05) is 58.2 Å². The fourth-order valence-electron chi connectivity index (χ4n) is 7.54. The van der Waals surface area contributed by atoms with Gasteiger partial charge in [-0.3, -0.25) is 9.69 Å². The van der Waals surface area contributed by atoms with E-state index in [9.17, 15) is 13.6 Å². The summed E-state index contributed by atoms with van der Waals surface area (Å²) in [4.78, 5) is 21.7. The van der Waals surface area contributed by atoms with E-state index in [2.05, 4.69) is 48.9 Å². The van der Waals surface area contributed by atoms with Gasteiger partial charge in [0.05, 0.1) is 6.04 Å². The van der Waals surface area contributed by atoms with E-state index in [1.54, 1.807) is 24.3 Å². The molecule has 10 rings (SSSR count). The van der Waals surface area contributed by atoms with E-state index in [0.717, 1.165) is 79.1 Å². The molecule has 4 aromatic carbocycles. The highest BCUT2D eigenvalue weighted by atomic mass is 35.5. The van der Waals surface area contributed by atoms with Crippen molar-refractivity contribution in [1.82, 2.24) is 25.2 Å². The molecular formula is C49H46ClF2N5O3. The van der Waals surface area contributed by atoms with Crippen molar-refractivity contribution in [3.05, 3.63) is 143 Å². The van der Waals surface area contributed by atoms with Crippen LogP contribution in [-0.4, -0.2) is 43.6 Å². The molecule has 1 atom stereocenters. The Hall–Kier alpha value is -5.94. The summed E-state index contributed by atoms with van der Waals surface area (Å²) in [5.74, 6) is 15.1. The van der Waals surface area contributed by atoms with Crippen molar-refractivity contribution in [1.29, 1.82) is 0 Å². The molecule has 0 bridgehead atoms. The molecule has 0 amide bonds. The maximum Gasteiger partial charge on any atom is 0.244 e. The number of Topliss-reactive ketones (excluding diaryl/α,β-unsaturated/α-hetero) is 1. The normalized spacial score (nSPS) is 17.2. The molecule has 2 aromatic heterocycles. The number of hydrogen-bond acceptors (Lipinski definition) is 8. The lowest BCUT2D eigenvalue weighted by Crippen LogP contribution is -2.39.